The minimum atomic E-state index is -0.257. The average molecular weight is 334 g/mol. The number of hydrogen-bond acceptors (Lipinski definition) is 4. The fourth-order valence-electron chi connectivity index (χ4n) is 2.85. The number of hydrogen-bond donors (Lipinski definition) is 1. The quantitative estimate of drug-likeness (QED) is 0.794. The topological polar surface area (TPSA) is 50.8 Å². The van der Waals surface area contributed by atoms with E-state index in [0.29, 0.717) is 32.2 Å². The van der Waals surface area contributed by atoms with Gasteiger partial charge in [-0.15, -0.1) is 0 Å². The summed E-state index contributed by atoms with van der Waals surface area (Å²) in [5, 5.41) is 3.47. The molecular weight excluding hydrogens is 304 g/mol. The lowest BCUT2D eigenvalue weighted by Gasteiger charge is -2.32. The third-order valence-electron chi connectivity index (χ3n) is 4.56. The van der Waals surface area contributed by atoms with Crippen molar-refractivity contribution >= 4 is 6.09 Å². The highest BCUT2D eigenvalue weighted by atomic mass is 16.6. The molecular formula is C19H30N2O3. The van der Waals surface area contributed by atoms with E-state index in [1.807, 2.05) is 30.3 Å². The molecule has 134 valence electrons. The molecule has 0 aromatic heterocycles. The number of benzene rings is 1. The van der Waals surface area contributed by atoms with Crippen molar-refractivity contribution in [3.8, 4) is 0 Å². The van der Waals surface area contributed by atoms with E-state index in [0.717, 1.165) is 18.7 Å². The highest BCUT2D eigenvalue weighted by Gasteiger charge is 2.25. The van der Waals surface area contributed by atoms with Gasteiger partial charge in [-0.3, -0.25) is 0 Å². The predicted molar refractivity (Wildman–Crippen MR) is 94.9 cm³/mol. The zero-order chi connectivity index (χ0) is 17.2. The van der Waals surface area contributed by atoms with Crippen LogP contribution in [0.3, 0.4) is 0 Å². The molecule has 1 aliphatic heterocycles. The van der Waals surface area contributed by atoms with E-state index in [1.165, 1.54) is 12.8 Å². The lowest BCUT2D eigenvalue weighted by Crippen LogP contribution is -2.49. The minimum absolute atomic E-state index is 0.0392. The molecule has 1 N–H and O–H groups in total. The van der Waals surface area contributed by atoms with Crippen molar-refractivity contribution in [2.24, 2.45) is 5.92 Å². The van der Waals surface area contributed by atoms with E-state index in [9.17, 15) is 4.79 Å². The van der Waals surface area contributed by atoms with Crippen LogP contribution in [0.5, 0.6) is 0 Å². The summed E-state index contributed by atoms with van der Waals surface area (Å²) in [4.78, 5) is 14.0. The Kier molecular flexibility index (Phi) is 8.05. The number of carbonyl (C=O) groups is 1. The predicted octanol–water partition coefficient (Wildman–Crippen LogP) is 3.05. The number of carbonyl (C=O) groups excluding carboxylic acids is 1. The lowest BCUT2D eigenvalue weighted by molar-refractivity contribution is -0.0272. The highest BCUT2D eigenvalue weighted by molar-refractivity contribution is 5.67. The van der Waals surface area contributed by atoms with Gasteiger partial charge in [-0.25, -0.2) is 4.79 Å². The number of morpholine rings is 1. The summed E-state index contributed by atoms with van der Waals surface area (Å²) in [6.45, 7) is 8.28. The summed E-state index contributed by atoms with van der Waals surface area (Å²) in [5.74, 6) is 0.709. The molecule has 1 saturated heterocycles. The van der Waals surface area contributed by atoms with Gasteiger partial charge in [0.2, 0.25) is 0 Å². The second-order valence-corrected chi connectivity index (χ2v) is 6.32. The van der Waals surface area contributed by atoms with Crippen molar-refractivity contribution < 1.29 is 14.3 Å². The number of nitrogens with zero attached hydrogens (tertiary/aromatic N) is 1. The molecule has 0 saturated carbocycles. The maximum absolute atomic E-state index is 12.2. The molecule has 1 heterocycles. The van der Waals surface area contributed by atoms with E-state index < -0.39 is 0 Å². The molecule has 1 unspecified atom stereocenters. The highest BCUT2D eigenvalue weighted by Crippen LogP contribution is 2.10. The molecule has 1 atom stereocenters. The first-order chi connectivity index (χ1) is 11.7. The number of nitrogens with one attached hydrogen (secondary N) is 1. The first-order valence-electron chi connectivity index (χ1n) is 9.00. The van der Waals surface area contributed by atoms with Crippen molar-refractivity contribution in [2.75, 3.05) is 32.8 Å². The average Bonchev–Trinajstić information content (AvgIpc) is 2.64. The van der Waals surface area contributed by atoms with Crippen LogP contribution in [0, 0.1) is 5.92 Å². The molecule has 1 amide bonds. The van der Waals surface area contributed by atoms with Crippen LogP contribution in [0.15, 0.2) is 30.3 Å². The third kappa shape index (κ3) is 6.13. The molecule has 5 nitrogen and oxygen atoms in total. The molecule has 0 bridgehead atoms. The first kappa shape index (κ1) is 18.7. The van der Waals surface area contributed by atoms with Crippen LogP contribution in [0.4, 0.5) is 4.79 Å². The summed E-state index contributed by atoms with van der Waals surface area (Å²) >= 11 is 0. The molecule has 5 heteroatoms. The summed E-state index contributed by atoms with van der Waals surface area (Å²) in [7, 11) is 0. The summed E-state index contributed by atoms with van der Waals surface area (Å²) in [6, 6.07) is 9.75. The molecule has 2 rings (SSSR count). The Morgan fingerprint density at radius 3 is 2.79 bits per heavy atom. The van der Waals surface area contributed by atoms with Crippen molar-refractivity contribution in [3.63, 3.8) is 0 Å². The number of amides is 1. The van der Waals surface area contributed by atoms with Gasteiger partial charge in [-0.1, -0.05) is 57.0 Å². The maximum atomic E-state index is 12.2. The van der Waals surface area contributed by atoms with Crippen LogP contribution in [-0.4, -0.2) is 49.9 Å². The molecule has 0 radical (unpaired) electrons. The van der Waals surface area contributed by atoms with Crippen molar-refractivity contribution in [1.29, 1.82) is 0 Å². The van der Waals surface area contributed by atoms with Gasteiger partial charge < -0.3 is 19.7 Å². The van der Waals surface area contributed by atoms with Crippen molar-refractivity contribution in [3.05, 3.63) is 35.9 Å². The van der Waals surface area contributed by atoms with E-state index in [-0.39, 0.29) is 12.2 Å². The number of rotatable bonds is 8. The van der Waals surface area contributed by atoms with Gasteiger partial charge in [0.25, 0.3) is 0 Å². The van der Waals surface area contributed by atoms with Crippen LogP contribution >= 0.6 is 0 Å². The largest absolute Gasteiger partial charge is 0.445 e. The Bertz CT molecular complexity index is 477. The Labute approximate surface area is 145 Å². The summed E-state index contributed by atoms with van der Waals surface area (Å²) in [5.41, 5.74) is 1.00. The van der Waals surface area contributed by atoms with Crippen molar-refractivity contribution in [2.45, 2.75) is 39.4 Å². The van der Waals surface area contributed by atoms with E-state index in [4.69, 9.17) is 9.47 Å². The molecule has 1 aromatic carbocycles. The Hall–Kier alpha value is -1.59. The molecule has 0 aliphatic carbocycles. The van der Waals surface area contributed by atoms with E-state index in [2.05, 4.69) is 19.2 Å². The Balaban J connectivity index is 1.70. The Morgan fingerprint density at radius 1 is 1.33 bits per heavy atom. The second-order valence-electron chi connectivity index (χ2n) is 6.32. The standard InChI is InChI=1S/C19H30N2O3/c1-3-16(4-2)12-20-13-18-14-21(10-11-23-18)19(22)24-15-17-8-6-5-7-9-17/h5-9,16,18,20H,3-4,10-15H2,1-2H3. The van der Waals surface area contributed by atoms with E-state index >= 15 is 0 Å². The van der Waals surface area contributed by atoms with E-state index in [1.54, 1.807) is 4.90 Å². The second kappa shape index (κ2) is 10.3. The monoisotopic (exact) mass is 334 g/mol. The zero-order valence-electron chi connectivity index (χ0n) is 14.9. The van der Waals surface area contributed by atoms with Crippen LogP contribution in [0.2, 0.25) is 0 Å². The van der Waals surface area contributed by atoms with Gasteiger partial charge >= 0.3 is 6.09 Å². The minimum Gasteiger partial charge on any atom is -0.445 e. The van der Waals surface area contributed by atoms with Gasteiger partial charge in [-0.05, 0) is 18.0 Å². The summed E-state index contributed by atoms with van der Waals surface area (Å²) in [6.07, 6.45) is 2.16. The SMILES string of the molecule is CCC(CC)CNCC1CN(C(=O)OCc2ccccc2)CCO1. The lowest BCUT2D eigenvalue weighted by atomic mass is 10.0. The zero-order valence-corrected chi connectivity index (χ0v) is 14.9. The van der Waals surface area contributed by atoms with Gasteiger partial charge in [0.1, 0.15) is 6.61 Å². The first-order valence-corrected chi connectivity index (χ1v) is 9.00. The smallest absolute Gasteiger partial charge is 0.410 e. The van der Waals surface area contributed by atoms with Gasteiger partial charge in [0.15, 0.2) is 0 Å². The normalized spacial score (nSPS) is 18.0. The number of ether oxygens (including phenoxy) is 2. The molecule has 1 aliphatic rings. The molecule has 1 aromatic rings. The van der Waals surface area contributed by atoms with Crippen LogP contribution in [0.25, 0.3) is 0 Å². The summed E-state index contributed by atoms with van der Waals surface area (Å²) < 4.78 is 11.2. The van der Waals surface area contributed by atoms with Gasteiger partial charge in [0, 0.05) is 13.1 Å². The van der Waals surface area contributed by atoms with Gasteiger partial charge in [-0.2, -0.15) is 0 Å². The third-order valence-corrected chi connectivity index (χ3v) is 4.56. The van der Waals surface area contributed by atoms with Crippen molar-refractivity contribution in [1.82, 2.24) is 10.2 Å². The van der Waals surface area contributed by atoms with Gasteiger partial charge in [0.05, 0.1) is 19.3 Å². The van der Waals surface area contributed by atoms with Crippen LogP contribution < -0.4 is 5.32 Å². The Morgan fingerprint density at radius 2 is 2.08 bits per heavy atom. The fraction of sp³-hybridized carbons (Fsp3) is 0.632. The molecule has 24 heavy (non-hydrogen) atoms. The molecule has 1 fully saturated rings. The van der Waals surface area contributed by atoms with Crippen LogP contribution in [0.1, 0.15) is 32.3 Å². The van der Waals surface area contributed by atoms with Crippen LogP contribution in [-0.2, 0) is 16.1 Å². The fourth-order valence-corrected chi connectivity index (χ4v) is 2.85. The maximum Gasteiger partial charge on any atom is 0.410 e. The molecule has 0 spiro atoms.